The van der Waals surface area contributed by atoms with Crippen LogP contribution >= 0.6 is 23.2 Å². The van der Waals surface area contributed by atoms with Crippen LogP contribution in [-0.4, -0.2) is 18.2 Å². The van der Waals surface area contributed by atoms with Gasteiger partial charge in [0.25, 0.3) is 0 Å². The predicted octanol–water partition coefficient (Wildman–Crippen LogP) is 5.39. The summed E-state index contributed by atoms with van der Waals surface area (Å²) in [6.45, 7) is 1.37. The third-order valence-electron chi connectivity index (χ3n) is 4.49. The first-order valence-corrected chi connectivity index (χ1v) is 10.0. The fraction of sp³-hybridized carbons (Fsp3) is 0.429. The SMILES string of the molecule is Nc1c(Cl)cc(C(O)CNCCCCCCCc2ccccc2)cc1Cl. The molecule has 0 bridgehead atoms. The fourth-order valence-electron chi connectivity index (χ4n) is 2.91. The summed E-state index contributed by atoms with van der Waals surface area (Å²) >= 11 is 12.0. The molecule has 2 rings (SSSR count). The lowest BCUT2D eigenvalue weighted by molar-refractivity contribution is 0.174. The van der Waals surface area contributed by atoms with Crippen LogP contribution in [0.15, 0.2) is 42.5 Å². The van der Waals surface area contributed by atoms with Crippen molar-refractivity contribution in [1.82, 2.24) is 5.32 Å². The minimum atomic E-state index is -0.642. The molecule has 0 aromatic heterocycles. The summed E-state index contributed by atoms with van der Waals surface area (Å²) in [6, 6.07) is 14.0. The van der Waals surface area contributed by atoms with E-state index in [0.717, 1.165) is 19.4 Å². The monoisotopic (exact) mass is 394 g/mol. The van der Waals surface area contributed by atoms with Crippen molar-refractivity contribution in [3.63, 3.8) is 0 Å². The second-order valence-electron chi connectivity index (χ2n) is 6.62. The molecule has 0 radical (unpaired) electrons. The van der Waals surface area contributed by atoms with Crippen molar-refractivity contribution in [2.45, 2.75) is 44.6 Å². The minimum Gasteiger partial charge on any atom is -0.396 e. The molecule has 0 aliphatic rings. The fourth-order valence-corrected chi connectivity index (χ4v) is 3.41. The van der Waals surface area contributed by atoms with E-state index >= 15 is 0 Å². The van der Waals surface area contributed by atoms with Gasteiger partial charge in [-0.1, -0.05) is 72.8 Å². The van der Waals surface area contributed by atoms with Crippen molar-refractivity contribution in [1.29, 1.82) is 0 Å². The second-order valence-corrected chi connectivity index (χ2v) is 7.44. The number of nitrogen functional groups attached to an aromatic ring is 1. The number of hydrogen-bond donors (Lipinski definition) is 3. The quantitative estimate of drug-likeness (QED) is 0.353. The Morgan fingerprint density at radius 3 is 2.23 bits per heavy atom. The Bertz CT molecular complexity index is 641. The molecule has 0 amide bonds. The average Bonchev–Trinajstić information content (AvgIpc) is 2.65. The van der Waals surface area contributed by atoms with Crippen LogP contribution in [0.5, 0.6) is 0 Å². The molecule has 4 N–H and O–H groups in total. The average molecular weight is 395 g/mol. The Labute approximate surface area is 166 Å². The Hall–Kier alpha value is -1.26. The van der Waals surface area contributed by atoms with Crippen molar-refractivity contribution in [2.24, 2.45) is 0 Å². The van der Waals surface area contributed by atoms with Crippen LogP contribution in [-0.2, 0) is 6.42 Å². The number of nitrogens with two attached hydrogens (primary N) is 1. The van der Waals surface area contributed by atoms with E-state index in [1.165, 1.54) is 31.2 Å². The highest BCUT2D eigenvalue weighted by molar-refractivity contribution is 6.38. The molecule has 1 unspecified atom stereocenters. The van der Waals surface area contributed by atoms with Gasteiger partial charge in [-0.25, -0.2) is 0 Å². The zero-order chi connectivity index (χ0) is 18.8. The van der Waals surface area contributed by atoms with E-state index in [1.54, 1.807) is 12.1 Å². The molecule has 3 nitrogen and oxygen atoms in total. The van der Waals surface area contributed by atoms with Gasteiger partial charge in [0.15, 0.2) is 0 Å². The molecule has 0 spiro atoms. The van der Waals surface area contributed by atoms with Crippen LogP contribution in [0.2, 0.25) is 10.0 Å². The maximum Gasteiger partial charge on any atom is 0.0915 e. The van der Waals surface area contributed by atoms with Gasteiger partial charge in [0.05, 0.1) is 21.8 Å². The molecular formula is C21H28Cl2N2O. The van der Waals surface area contributed by atoms with Gasteiger partial charge in [-0.3, -0.25) is 0 Å². The predicted molar refractivity (Wildman–Crippen MR) is 112 cm³/mol. The topological polar surface area (TPSA) is 58.3 Å². The van der Waals surface area contributed by atoms with Crippen LogP contribution in [0.3, 0.4) is 0 Å². The third kappa shape index (κ3) is 7.16. The van der Waals surface area contributed by atoms with Crippen molar-refractivity contribution in [3.05, 3.63) is 63.6 Å². The Kier molecular flexibility index (Phi) is 9.27. The summed E-state index contributed by atoms with van der Waals surface area (Å²) in [5.74, 6) is 0. The Morgan fingerprint density at radius 2 is 1.54 bits per heavy atom. The number of aryl methyl sites for hydroxylation is 1. The molecule has 5 heteroatoms. The summed E-state index contributed by atoms with van der Waals surface area (Å²) in [7, 11) is 0. The number of hydrogen-bond acceptors (Lipinski definition) is 3. The number of anilines is 1. The molecule has 1 atom stereocenters. The van der Waals surface area contributed by atoms with E-state index in [2.05, 4.69) is 35.6 Å². The van der Waals surface area contributed by atoms with Gasteiger partial charge < -0.3 is 16.2 Å². The van der Waals surface area contributed by atoms with Gasteiger partial charge in [-0.15, -0.1) is 0 Å². The molecule has 0 heterocycles. The highest BCUT2D eigenvalue weighted by atomic mass is 35.5. The molecule has 0 aliphatic carbocycles. The highest BCUT2D eigenvalue weighted by Crippen LogP contribution is 2.31. The third-order valence-corrected chi connectivity index (χ3v) is 5.11. The van der Waals surface area contributed by atoms with Crippen LogP contribution in [0.4, 0.5) is 5.69 Å². The van der Waals surface area contributed by atoms with Crippen molar-refractivity contribution >= 4 is 28.9 Å². The minimum absolute atomic E-state index is 0.351. The van der Waals surface area contributed by atoms with Gasteiger partial charge in [-0.2, -0.15) is 0 Å². The van der Waals surface area contributed by atoms with E-state index < -0.39 is 6.10 Å². The van der Waals surface area contributed by atoms with Gasteiger partial charge in [0, 0.05) is 6.54 Å². The molecule has 0 saturated heterocycles. The Morgan fingerprint density at radius 1 is 0.923 bits per heavy atom. The van der Waals surface area contributed by atoms with Crippen molar-refractivity contribution < 1.29 is 5.11 Å². The highest BCUT2D eigenvalue weighted by Gasteiger charge is 2.11. The summed E-state index contributed by atoms with van der Waals surface area (Å²) < 4.78 is 0. The first kappa shape index (κ1) is 21.0. The molecule has 2 aromatic carbocycles. The van der Waals surface area contributed by atoms with Gasteiger partial charge in [0.1, 0.15) is 0 Å². The largest absolute Gasteiger partial charge is 0.396 e. The lowest BCUT2D eigenvalue weighted by Crippen LogP contribution is -2.22. The smallest absolute Gasteiger partial charge is 0.0915 e. The van der Waals surface area contributed by atoms with E-state index in [4.69, 9.17) is 28.9 Å². The normalized spacial score (nSPS) is 12.3. The molecule has 0 saturated carbocycles. The summed E-state index contributed by atoms with van der Waals surface area (Å²) in [5.41, 5.74) is 8.17. The molecule has 0 fully saturated rings. The first-order chi connectivity index (χ1) is 12.6. The number of aliphatic hydroxyl groups is 1. The molecular weight excluding hydrogens is 367 g/mol. The van der Waals surface area contributed by atoms with E-state index in [1.807, 2.05) is 0 Å². The zero-order valence-electron chi connectivity index (χ0n) is 15.1. The van der Waals surface area contributed by atoms with Gasteiger partial charge >= 0.3 is 0 Å². The summed E-state index contributed by atoms with van der Waals surface area (Å²) in [5, 5.41) is 14.3. The number of unbranched alkanes of at least 4 members (excludes halogenated alkanes) is 4. The van der Waals surface area contributed by atoms with E-state index in [0.29, 0.717) is 27.8 Å². The molecule has 2 aromatic rings. The molecule has 26 heavy (non-hydrogen) atoms. The number of nitrogens with one attached hydrogen (secondary N) is 1. The van der Waals surface area contributed by atoms with E-state index in [-0.39, 0.29) is 0 Å². The number of aliphatic hydroxyl groups excluding tert-OH is 1. The van der Waals surface area contributed by atoms with Crippen molar-refractivity contribution in [2.75, 3.05) is 18.8 Å². The maximum atomic E-state index is 10.2. The molecule has 142 valence electrons. The Balaban J connectivity index is 1.52. The maximum absolute atomic E-state index is 10.2. The first-order valence-electron chi connectivity index (χ1n) is 9.25. The van der Waals surface area contributed by atoms with Crippen LogP contribution < -0.4 is 11.1 Å². The van der Waals surface area contributed by atoms with Gasteiger partial charge in [-0.05, 0) is 49.1 Å². The summed E-state index contributed by atoms with van der Waals surface area (Å²) in [6.07, 6.45) is 6.60. The zero-order valence-corrected chi connectivity index (χ0v) is 16.6. The number of halogens is 2. The van der Waals surface area contributed by atoms with Gasteiger partial charge in [0.2, 0.25) is 0 Å². The standard InChI is InChI=1S/C21H28Cl2N2O/c22-18-13-17(14-19(23)21(18)24)20(26)15-25-12-8-3-1-2-5-9-16-10-6-4-7-11-16/h4,6-7,10-11,13-14,20,25-26H,1-3,5,8-9,12,15,24H2. The lowest BCUT2D eigenvalue weighted by atomic mass is 10.1. The summed E-state index contributed by atoms with van der Waals surface area (Å²) in [4.78, 5) is 0. The van der Waals surface area contributed by atoms with E-state index in [9.17, 15) is 5.11 Å². The second kappa shape index (κ2) is 11.5. The van der Waals surface area contributed by atoms with Crippen LogP contribution in [0.25, 0.3) is 0 Å². The molecule has 0 aliphatic heterocycles. The number of benzene rings is 2. The van der Waals surface area contributed by atoms with Crippen LogP contribution in [0, 0.1) is 0 Å². The lowest BCUT2D eigenvalue weighted by Gasteiger charge is -2.14. The number of rotatable bonds is 11. The van der Waals surface area contributed by atoms with Crippen LogP contribution in [0.1, 0.15) is 49.3 Å². The van der Waals surface area contributed by atoms with Crippen molar-refractivity contribution in [3.8, 4) is 0 Å².